The molecule has 23 heavy (non-hydrogen) atoms. The summed E-state index contributed by atoms with van der Waals surface area (Å²) in [5.74, 6) is 0. The number of fused-ring (bicyclic) bond motifs is 1. The maximum absolute atomic E-state index is 12.4. The van der Waals surface area contributed by atoms with E-state index < -0.39 is 23.9 Å². The first-order valence-electron chi connectivity index (χ1n) is 7.45. The third-order valence-corrected chi connectivity index (χ3v) is 6.13. The smallest absolute Gasteiger partial charge is 0.236 e. The lowest BCUT2D eigenvalue weighted by molar-refractivity contribution is 0.0946. The number of hydrogen-bond acceptors (Lipinski definition) is 3. The van der Waals surface area contributed by atoms with Gasteiger partial charge in [0, 0.05) is 10.4 Å². The second-order valence-corrected chi connectivity index (χ2v) is 14.1. The van der Waals surface area contributed by atoms with E-state index in [2.05, 4.69) is 19.6 Å². The third kappa shape index (κ3) is 3.82. The molecule has 128 valence electrons. The van der Waals surface area contributed by atoms with Crippen molar-refractivity contribution < 1.29 is 12.8 Å². The summed E-state index contributed by atoms with van der Waals surface area (Å²) in [7, 11) is -5.34. The van der Waals surface area contributed by atoms with Gasteiger partial charge in [0.1, 0.15) is 0 Å². The van der Waals surface area contributed by atoms with Crippen LogP contribution in [0, 0.1) is 6.92 Å². The highest BCUT2D eigenvalue weighted by atomic mass is 35.5. The van der Waals surface area contributed by atoms with Crippen molar-refractivity contribution in [1.82, 2.24) is 3.97 Å². The number of nitrogens with zero attached hydrogens (tertiary/aromatic N) is 1. The molecule has 0 spiro atoms. The fourth-order valence-electron chi connectivity index (χ4n) is 2.90. The molecule has 0 fully saturated rings. The molecule has 1 aromatic carbocycles. The van der Waals surface area contributed by atoms with Gasteiger partial charge in [0.15, 0.2) is 8.32 Å². The summed E-state index contributed by atoms with van der Waals surface area (Å²) in [5.41, 5.74) is 1.39. The van der Waals surface area contributed by atoms with E-state index in [-0.39, 0.29) is 0 Å². The lowest BCUT2D eigenvalue weighted by Gasteiger charge is -2.33. The van der Waals surface area contributed by atoms with Gasteiger partial charge in [-0.25, -0.2) is 12.4 Å². The fourth-order valence-corrected chi connectivity index (χ4v) is 5.86. The lowest BCUT2D eigenvalue weighted by atomic mass is 10.1. The summed E-state index contributed by atoms with van der Waals surface area (Å²) in [4.78, 5) is 0. The van der Waals surface area contributed by atoms with Gasteiger partial charge in [0.05, 0.1) is 23.1 Å². The Bertz CT molecular complexity index is 864. The Balaban J connectivity index is 2.83. The molecule has 0 aliphatic rings. The highest BCUT2D eigenvalue weighted by Gasteiger charge is 2.34. The minimum atomic E-state index is -3.48. The van der Waals surface area contributed by atoms with Crippen LogP contribution in [0.15, 0.2) is 18.2 Å². The number of hydrogen-bond donors (Lipinski definition) is 0. The largest absolute Gasteiger partial charge is 0.407 e. The summed E-state index contributed by atoms with van der Waals surface area (Å²) < 4.78 is 32.5. The minimum Gasteiger partial charge on any atom is -0.407 e. The summed E-state index contributed by atoms with van der Waals surface area (Å²) >= 11 is 6.20. The zero-order chi connectivity index (χ0) is 17.8. The fraction of sp³-hybridized carbons (Fsp3) is 0.500. The van der Waals surface area contributed by atoms with Gasteiger partial charge >= 0.3 is 0 Å². The predicted octanol–water partition coefficient (Wildman–Crippen LogP) is 4.50. The number of benzene rings is 1. The first-order chi connectivity index (χ1) is 10.2. The van der Waals surface area contributed by atoms with Crippen LogP contribution in [-0.2, 0) is 20.1 Å². The molecule has 2 aromatic rings. The number of aryl methyl sites for hydroxylation is 1. The van der Waals surface area contributed by atoms with Crippen LogP contribution in [0.1, 0.15) is 25.1 Å². The van der Waals surface area contributed by atoms with E-state index in [1.807, 2.05) is 39.0 Å². The van der Waals surface area contributed by atoms with Crippen LogP contribution in [0.25, 0.3) is 10.9 Å². The van der Waals surface area contributed by atoms with Gasteiger partial charge < -0.3 is 4.43 Å². The summed E-state index contributed by atoms with van der Waals surface area (Å²) in [5, 5.41) is 1.42. The first-order valence-corrected chi connectivity index (χ1v) is 13.1. The average molecular weight is 374 g/mol. The van der Waals surface area contributed by atoms with Crippen molar-refractivity contribution in [1.29, 1.82) is 0 Å². The molecule has 1 heterocycles. The normalized spacial score (nSPS) is 13.7. The van der Waals surface area contributed by atoms with Gasteiger partial charge in [0.2, 0.25) is 10.0 Å². The van der Waals surface area contributed by atoms with E-state index in [9.17, 15) is 8.42 Å². The van der Waals surface area contributed by atoms with Gasteiger partial charge in [-0.1, -0.05) is 11.6 Å². The molecule has 0 saturated carbocycles. The Morgan fingerprint density at radius 2 is 1.74 bits per heavy atom. The van der Waals surface area contributed by atoms with Crippen molar-refractivity contribution in [2.75, 3.05) is 6.26 Å². The Kier molecular flexibility index (Phi) is 4.52. The number of aromatic nitrogens is 1. The topological polar surface area (TPSA) is 48.3 Å². The van der Waals surface area contributed by atoms with E-state index >= 15 is 0 Å². The Hall–Kier alpha value is -0.823. The highest BCUT2D eigenvalue weighted by Crippen LogP contribution is 2.35. The molecule has 0 saturated heterocycles. The predicted molar refractivity (Wildman–Crippen MR) is 99.4 cm³/mol. The van der Waals surface area contributed by atoms with Crippen LogP contribution in [-0.4, -0.2) is 27.0 Å². The van der Waals surface area contributed by atoms with E-state index in [0.717, 1.165) is 10.9 Å². The zero-order valence-corrected chi connectivity index (χ0v) is 17.3. The van der Waals surface area contributed by atoms with Gasteiger partial charge in [-0.2, -0.15) is 0 Å². The molecule has 0 bridgehead atoms. The Labute approximate surface area is 144 Å². The van der Waals surface area contributed by atoms with Crippen molar-refractivity contribution >= 4 is 40.8 Å². The Morgan fingerprint density at radius 1 is 1.17 bits per heavy atom. The van der Waals surface area contributed by atoms with Crippen LogP contribution >= 0.6 is 11.6 Å². The molecular formula is C16H24ClNO3SSi. The standard InChI is InChI=1S/C16H24ClNO3SSi/c1-11-8-14-12(9-13(11)17)10-15(18(14)22(4,19)20)16(2,3)21-23(5,6)7/h8-10H,1-7H3. The van der Waals surface area contributed by atoms with Crippen molar-refractivity contribution in [3.05, 3.63) is 34.5 Å². The van der Waals surface area contributed by atoms with Crippen LogP contribution < -0.4 is 0 Å². The van der Waals surface area contributed by atoms with Gasteiger partial charge in [0.25, 0.3) is 0 Å². The molecule has 0 atom stereocenters. The van der Waals surface area contributed by atoms with Gasteiger partial charge in [-0.3, -0.25) is 0 Å². The summed E-state index contributed by atoms with van der Waals surface area (Å²) in [6, 6.07) is 5.48. The minimum absolute atomic E-state index is 0.624. The molecule has 2 rings (SSSR count). The first kappa shape index (κ1) is 18.5. The third-order valence-electron chi connectivity index (χ3n) is 3.55. The molecule has 4 nitrogen and oxygen atoms in total. The van der Waals surface area contributed by atoms with Gasteiger partial charge in [-0.15, -0.1) is 0 Å². The molecule has 0 amide bonds. The average Bonchev–Trinajstić information content (AvgIpc) is 2.65. The lowest BCUT2D eigenvalue weighted by Crippen LogP contribution is -2.38. The number of rotatable bonds is 4. The van der Waals surface area contributed by atoms with E-state index in [1.54, 1.807) is 0 Å². The molecular weight excluding hydrogens is 350 g/mol. The SMILES string of the molecule is Cc1cc2c(cc1Cl)cc(C(C)(C)O[Si](C)(C)C)n2S(C)(=O)=O. The molecule has 0 radical (unpaired) electrons. The zero-order valence-electron chi connectivity index (χ0n) is 14.7. The molecule has 0 N–H and O–H groups in total. The van der Waals surface area contributed by atoms with Gasteiger partial charge in [-0.05, 0) is 64.2 Å². The van der Waals surface area contributed by atoms with Crippen LogP contribution in [0.4, 0.5) is 0 Å². The molecule has 0 aliphatic carbocycles. The second-order valence-electron chi connectivity index (χ2n) is 7.44. The molecule has 7 heteroatoms. The molecule has 0 aliphatic heterocycles. The van der Waals surface area contributed by atoms with Crippen molar-refractivity contribution in [3.8, 4) is 0 Å². The summed E-state index contributed by atoms with van der Waals surface area (Å²) in [6.07, 6.45) is 1.21. The van der Waals surface area contributed by atoms with E-state index in [1.165, 1.54) is 10.2 Å². The maximum atomic E-state index is 12.4. The van der Waals surface area contributed by atoms with Crippen molar-refractivity contribution in [2.24, 2.45) is 0 Å². The van der Waals surface area contributed by atoms with Crippen LogP contribution in [0.5, 0.6) is 0 Å². The second kappa shape index (κ2) is 5.62. The van der Waals surface area contributed by atoms with Crippen LogP contribution in [0.3, 0.4) is 0 Å². The van der Waals surface area contributed by atoms with Crippen molar-refractivity contribution in [3.63, 3.8) is 0 Å². The summed E-state index contributed by atoms with van der Waals surface area (Å²) in [6.45, 7) is 12.0. The monoisotopic (exact) mass is 373 g/mol. The Morgan fingerprint density at radius 3 is 2.22 bits per heavy atom. The van der Waals surface area contributed by atoms with E-state index in [0.29, 0.717) is 16.2 Å². The van der Waals surface area contributed by atoms with E-state index in [4.69, 9.17) is 16.0 Å². The van der Waals surface area contributed by atoms with Crippen molar-refractivity contribution in [2.45, 2.75) is 46.0 Å². The number of halogens is 1. The molecule has 0 unspecified atom stereocenters. The quantitative estimate of drug-likeness (QED) is 0.741. The highest BCUT2D eigenvalue weighted by molar-refractivity contribution is 7.89. The molecule has 1 aromatic heterocycles. The maximum Gasteiger partial charge on any atom is 0.236 e. The van der Waals surface area contributed by atoms with Crippen LogP contribution in [0.2, 0.25) is 24.7 Å².